The molecule has 8 heteroatoms. The molecule has 0 bridgehead atoms. The Morgan fingerprint density at radius 2 is 2.07 bits per heavy atom. The van der Waals surface area contributed by atoms with Gasteiger partial charge in [0.1, 0.15) is 0 Å². The number of rotatable bonds is 4. The van der Waals surface area contributed by atoms with Crippen molar-refractivity contribution in [1.29, 1.82) is 0 Å². The van der Waals surface area contributed by atoms with E-state index in [1.807, 2.05) is 40.0 Å². The third kappa shape index (κ3) is 4.31. The van der Waals surface area contributed by atoms with E-state index in [4.69, 9.17) is 4.98 Å². The number of carbonyl (C=O) groups excluding carboxylic acids is 2. The summed E-state index contributed by atoms with van der Waals surface area (Å²) in [6.45, 7) is 6.18. The van der Waals surface area contributed by atoms with E-state index < -0.39 is 0 Å². The molecule has 0 radical (unpaired) electrons. The van der Waals surface area contributed by atoms with E-state index in [1.165, 1.54) is 0 Å². The van der Waals surface area contributed by atoms with Crippen LogP contribution in [0.25, 0.3) is 0 Å². The minimum Gasteiger partial charge on any atom is -0.338 e. The maximum atomic E-state index is 13.0. The minimum atomic E-state index is -0.0632. The van der Waals surface area contributed by atoms with Gasteiger partial charge in [0, 0.05) is 63.9 Å². The summed E-state index contributed by atoms with van der Waals surface area (Å²) in [5, 5.41) is 4.27. The number of hydrogen-bond acceptors (Lipinski definition) is 5. The van der Waals surface area contributed by atoms with Crippen molar-refractivity contribution in [3.05, 3.63) is 41.2 Å². The van der Waals surface area contributed by atoms with E-state index in [-0.39, 0.29) is 17.9 Å². The summed E-state index contributed by atoms with van der Waals surface area (Å²) in [7, 11) is 0. The van der Waals surface area contributed by atoms with Crippen LogP contribution in [0.4, 0.5) is 0 Å². The molecule has 0 aliphatic carbocycles. The highest BCUT2D eigenvalue weighted by molar-refractivity contribution is 5.76. The molecule has 29 heavy (non-hydrogen) atoms. The van der Waals surface area contributed by atoms with Crippen LogP contribution in [0.2, 0.25) is 0 Å². The second-order valence-corrected chi connectivity index (χ2v) is 8.02. The summed E-state index contributed by atoms with van der Waals surface area (Å²) in [5.74, 6) is 0.950. The van der Waals surface area contributed by atoms with Crippen LogP contribution in [0.15, 0.2) is 18.6 Å². The Hall–Kier alpha value is -2.77. The summed E-state index contributed by atoms with van der Waals surface area (Å²) >= 11 is 0. The van der Waals surface area contributed by atoms with Gasteiger partial charge >= 0.3 is 0 Å². The zero-order chi connectivity index (χ0) is 20.4. The van der Waals surface area contributed by atoms with Crippen molar-refractivity contribution in [2.75, 3.05) is 13.1 Å². The van der Waals surface area contributed by atoms with E-state index in [0.29, 0.717) is 26.1 Å². The van der Waals surface area contributed by atoms with E-state index in [0.717, 1.165) is 54.9 Å². The Kier molecular flexibility index (Phi) is 5.60. The normalized spacial score (nSPS) is 19.2. The molecule has 0 saturated carbocycles. The molecule has 0 aromatic carbocycles. The van der Waals surface area contributed by atoms with E-state index in [9.17, 15) is 9.59 Å². The average molecular weight is 396 g/mol. The van der Waals surface area contributed by atoms with Gasteiger partial charge < -0.3 is 9.80 Å². The fourth-order valence-corrected chi connectivity index (χ4v) is 4.20. The number of piperidine rings is 1. The zero-order valence-electron chi connectivity index (χ0n) is 17.2. The first kappa shape index (κ1) is 19.5. The molecule has 0 unspecified atom stereocenters. The quantitative estimate of drug-likeness (QED) is 0.790. The molecule has 4 rings (SSSR count). The van der Waals surface area contributed by atoms with Gasteiger partial charge in [0.05, 0.1) is 17.9 Å². The van der Waals surface area contributed by atoms with Gasteiger partial charge in [0.25, 0.3) is 0 Å². The monoisotopic (exact) mass is 396 g/mol. The molecule has 1 atom stereocenters. The molecule has 8 nitrogen and oxygen atoms in total. The molecular formula is C21H28N6O2. The predicted molar refractivity (Wildman–Crippen MR) is 107 cm³/mol. The van der Waals surface area contributed by atoms with Crippen molar-refractivity contribution in [3.63, 3.8) is 0 Å². The van der Waals surface area contributed by atoms with Crippen LogP contribution in [-0.2, 0) is 29.1 Å². The number of aromatic nitrogens is 4. The summed E-state index contributed by atoms with van der Waals surface area (Å²) in [6.07, 6.45) is 9.76. The lowest BCUT2D eigenvalue weighted by Crippen LogP contribution is -2.40. The molecule has 2 aliphatic heterocycles. The number of likely N-dealkylation sites (tertiary alicyclic amines) is 1. The van der Waals surface area contributed by atoms with E-state index in [2.05, 4.69) is 10.1 Å². The maximum absolute atomic E-state index is 13.0. The molecular weight excluding hydrogens is 368 g/mol. The summed E-state index contributed by atoms with van der Waals surface area (Å²) in [4.78, 5) is 37.8. The molecule has 2 amide bonds. The molecule has 1 saturated heterocycles. The summed E-state index contributed by atoms with van der Waals surface area (Å²) < 4.78 is 1.82. The average Bonchev–Trinajstić information content (AvgIpc) is 3.16. The highest BCUT2D eigenvalue weighted by atomic mass is 16.2. The largest absolute Gasteiger partial charge is 0.338 e. The van der Waals surface area contributed by atoms with Gasteiger partial charge in [-0.1, -0.05) is 0 Å². The van der Waals surface area contributed by atoms with Crippen LogP contribution in [0.5, 0.6) is 0 Å². The van der Waals surface area contributed by atoms with Crippen LogP contribution < -0.4 is 0 Å². The standard InChI is InChI=1S/C21H28N6O2/c1-15-11-23-26(13-15)10-7-20(29)27-8-4-3-5-19(27)21-22-12-17-14-25(16(2)28)9-6-18(17)24-21/h11-13,19H,3-10,14H2,1-2H3/t19-/m0/s1. The number of amides is 2. The van der Waals surface area contributed by atoms with Crippen molar-refractivity contribution < 1.29 is 9.59 Å². The smallest absolute Gasteiger partial charge is 0.225 e. The Morgan fingerprint density at radius 1 is 1.21 bits per heavy atom. The number of aryl methyl sites for hydroxylation is 2. The Labute approximate surface area is 170 Å². The van der Waals surface area contributed by atoms with Crippen molar-refractivity contribution in [2.45, 2.75) is 65.1 Å². The van der Waals surface area contributed by atoms with Crippen molar-refractivity contribution in [2.24, 2.45) is 0 Å². The molecule has 0 N–H and O–H groups in total. The first-order chi connectivity index (χ1) is 14.0. The fraction of sp³-hybridized carbons (Fsp3) is 0.571. The van der Waals surface area contributed by atoms with Gasteiger partial charge in [0.2, 0.25) is 11.8 Å². The molecule has 2 aromatic heterocycles. The van der Waals surface area contributed by atoms with Crippen molar-refractivity contribution in [3.8, 4) is 0 Å². The topological polar surface area (TPSA) is 84.2 Å². The third-order valence-electron chi connectivity index (χ3n) is 5.84. The Morgan fingerprint density at radius 3 is 2.83 bits per heavy atom. The van der Waals surface area contributed by atoms with Crippen LogP contribution in [-0.4, -0.2) is 54.5 Å². The molecule has 4 heterocycles. The highest BCUT2D eigenvalue weighted by Gasteiger charge is 2.31. The molecule has 2 aliphatic rings. The molecule has 154 valence electrons. The number of hydrogen-bond donors (Lipinski definition) is 0. The van der Waals surface area contributed by atoms with Gasteiger partial charge in [-0.3, -0.25) is 14.3 Å². The van der Waals surface area contributed by atoms with Gasteiger partial charge in [0.15, 0.2) is 5.82 Å². The molecule has 1 fully saturated rings. The van der Waals surface area contributed by atoms with E-state index in [1.54, 1.807) is 6.92 Å². The van der Waals surface area contributed by atoms with Crippen LogP contribution >= 0.6 is 0 Å². The lowest BCUT2D eigenvalue weighted by atomic mass is 10.00. The number of fused-ring (bicyclic) bond motifs is 1. The van der Waals surface area contributed by atoms with Crippen LogP contribution in [0.1, 0.15) is 61.3 Å². The van der Waals surface area contributed by atoms with Crippen LogP contribution in [0, 0.1) is 6.92 Å². The zero-order valence-corrected chi connectivity index (χ0v) is 17.2. The predicted octanol–water partition coefficient (Wildman–Crippen LogP) is 2.03. The van der Waals surface area contributed by atoms with Gasteiger partial charge in [-0.15, -0.1) is 0 Å². The van der Waals surface area contributed by atoms with Gasteiger partial charge in [-0.25, -0.2) is 9.97 Å². The van der Waals surface area contributed by atoms with Gasteiger partial charge in [-0.05, 0) is 31.7 Å². The SMILES string of the molecule is CC(=O)N1CCc2nc([C@@H]3CCCCN3C(=O)CCn3cc(C)cn3)ncc2C1. The fourth-order valence-electron chi connectivity index (χ4n) is 4.20. The van der Waals surface area contributed by atoms with Crippen LogP contribution in [0.3, 0.4) is 0 Å². The number of nitrogens with zero attached hydrogens (tertiary/aromatic N) is 6. The number of carbonyl (C=O) groups is 2. The maximum Gasteiger partial charge on any atom is 0.225 e. The first-order valence-corrected chi connectivity index (χ1v) is 10.4. The lowest BCUT2D eigenvalue weighted by Gasteiger charge is -2.35. The Bertz CT molecular complexity index is 908. The molecule has 0 spiro atoms. The summed E-state index contributed by atoms with van der Waals surface area (Å²) in [5.41, 5.74) is 3.12. The molecule has 2 aromatic rings. The second-order valence-electron chi connectivity index (χ2n) is 8.02. The minimum absolute atomic E-state index is 0.0632. The van der Waals surface area contributed by atoms with Gasteiger partial charge in [-0.2, -0.15) is 5.10 Å². The van der Waals surface area contributed by atoms with Crippen molar-refractivity contribution >= 4 is 11.8 Å². The summed E-state index contributed by atoms with van der Waals surface area (Å²) in [6, 6.07) is -0.0632. The first-order valence-electron chi connectivity index (χ1n) is 10.4. The third-order valence-corrected chi connectivity index (χ3v) is 5.84. The second kappa shape index (κ2) is 8.31. The van der Waals surface area contributed by atoms with Crippen molar-refractivity contribution in [1.82, 2.24) is 29.5 Å². The Balaban J connectivity index is 1.47. The highest BCUT2D eigenvalue weighted by Crippen LogP contribution is 2.30. The van der Waals surface area contributed by atoms with E-state index >= 15 is 0 Å². The lowest BCUT2D eigenvalue weighted by molar-refractivity contribution is -0.135.